The van der Waals surface area contributed by atoms with Crippen molar-refractivity contribution in [3.8, 4) is 0 Å². The molecule has 0 amide bonds. The normalized spacial score (nSPS) is 20.3. The minimum Gasteiger partial charge on any atom is -0.373 e. The molecule has 1 aliphatic rings. The average Bonchev–Trinajstić information content (AvgIpc) is 2.75. The highest BCUT2D eigenvalue weighted by atomic mass is 15.2. The fourth-order valence-electron chi connectivity index (χ4n) is 2.71. The van der Waals surface area contributed by atoms with Crippen LogP contribution in [0.1, 0.15) is 24.1 Å². The maximum Gasteiger partial charge on any atom is 0.0443 e. The number of aryl methyl sites for hydroxylation is 1. The van der Waals surface area contributed by atoms with Gasteiger partial charge in [0, 0.05) is 49.3 Å². The highest BCUT2D eigenvalue weighted by Gasteiger charge is 2.22. The molecule has 1 aromatic rings. The van der Waals surface area contributed by atoms with E-state index in [4.69, 9.17) is 5.73 Å². The maximum atomic E-state index is 5.80. The lowest BCUT2D eigenvalue weighted by molar-refractivity contribution is 0.314. The molecule has 2 rings (SSSR count). The second kappa shape index (κ2) is 5.67. The predicted molar refractivity (Wildman–Crippen MR) is 75.8 cm³/mol. The van der Waals surface area contributed by atoms with Gasteiger partial charge in [-0.2, -0.15) is 0 Å². The molecule has 100 valence electrons. The minimum atomic E-state index is 0.549. The van der Waals surface area contributed by atoms with Crippen molar-refractivity contribution < 1.29 is 0 Å². The van der Waals surface area contributed by atoms with Gasteiger partial charge in [0.1, 0.15) is 0 Å². The SMILES string of the molecule is Cc1cc(N(C)CC2CCCN2C)c(CN)cn1. The summed E-state index contributed by atoms with van der Waals surface area (Å²) in [5.41, 5.74) is 9.20. The first-order chi connectivity index (χ1) is 8.61. The Kier molecular flexibility index (Phi) is 4.19. The van der Waals surface area contributed by atoms with Gasteiger partial charge in [-0.25, -0.2) is 0 Å². The Morgan fingerprint density at radius 1 is 1.56 bits per heavy atom. The van der Waals surface area contributed by atoms with Crippen molar-refractivity contribution >= 4 is 5.69 Å². The van der Waals surface area contributed by atoms with Gasteiger partial charge in [-0.15, -0.1) is 0 Å². The van der Waals surface area contributed by atoms with Crippen molar-refractivity contribution in [1.82, 2.24) is 9.88 Å². The summed E-state index contributed by atoms with van der Waals surface area (Å²) >= 11 is 0. The van der Waals surface area contributed by atoms with E-state index in [9.17, 15) is 0 Å². The van der Waals surface area contributed by atoms with Crippen LogP contribution in [0.25, 0.3) is 0 Å². The molecule has 0 aromatic carbocycles. The molecule has 1 aromatic heterocycles. The van der Waals surface area contributed by atoms with Gasteiger partial charge < -0.3 is 15.5 Å². The fourth-order valence-corrected chi connectivity index (χ4v) is 2.71. The molecule has 1 aliphatic heterocycles. The quantitative estimate of drug-likeness (QED) is 0.874. The molecule has 0 bridgehead atoms. The first kappa shape index (κ1) is 13.3. The highest BCUT2D eigenvalue weighted by Crippen LogP contribution is 2.22. The first-order valence-electron chi connectivity index (χ1n) is 6.68. The summed E-state index contributed by atoms with van der Waals surface area (Å²) in [6, 6.07) is 2.80. The topological polar surface area (TPSA) is 45.4 Å². The number of aromatic nitrogens is 1. The first-order valence-corrected chi connectivity index (χ1v) is 6.68. The van der Waals surface area contributed by atoms with E-state index in [1.165, 1.54) is 25.1 Å². The van der Waals surface area contributed by atoms with Crippen molar-refractivity contribution in [1.29, 1.82) is 0 Å². The molecule has 1 unspecified atom stereocenters. The van der Waals surface area contributed by atoms with Crippen molar-refractivity contribution in [3.63, 3.8) is 0 Å². The van der Waals surface area contributed by atoms with Gasteiger partial charge in [0.25, 0.3) is 0 Å². The molecular formula is C14H24N4. The molecule has 0 aliphatic carbocycles. The molecule has 0 spiro atoms. The molecule has 4 nitrogen and oxygen atoms in total. The van der Waals surface area contributed by atoms with Gasteiger partial charge in [0.05, 0.1) is 0 Å². The summed E-state index contributed by atoms with van der Waals surface area (Å²) in [5, 5.41) is 0. The lowest BCUT2D eigenvalue weighted by Crippen LogP contribution is -2.37. The molecule has 1 fully saturated rings. The van der Waals surface area contributed by atoms with Crippen LogP contribution >= 0.6 is 0 Å². The lowest BCUT2D eigenvalue weighted by Gasteiger charge is -2.28. The zero-order chi connectivity index (χ0) is 13.1. The van der Waals surface area contributed by atoms with Crippen LogP contribution < -0.4 is 10.6 Å². The van der Waals surface area contributed by atoms with Crippen LogP contribution in [0, 0.1) is 6.92 Å². The Morgan fingerprint density at radius 2 is 2.33 bits per heavy atom. The number of hydrogen-bond donors (Lipinski definition) is 1. The third kappa shape index (κ3) is 2.82. The van der Waals surface area contributed by atoms with Crippen molar-refractivity contribution in [3.05, 3.63) is 23.5 Å². The largest absolute Gasteiger partial charge is 0.373 e. The van der Waals surface area contributed by atoms with Crippen LogP contribution in [0.4, 0.5) is 5.69 Å². The van der Waals surface area contributed by atoms with E-state index >= 15 is 0 Å². The molecule has 0 saturated carbocycles. The van der Waals surface area contributed by atoms with E-state index in [1.54, 1.807) is 0 Å². The average molecular weight is 248 g/mol. The van der Waals surface area contributed by atoms with Gasteiger partial charge in [-0.1, -0.05) is 0 Å². The number of likely N-dealkylation sites (tertiary alicyclic amines) is 1. The standard InChI is InChI=1S/C14H24N4/c1-11-7-14(12(8-15)9-16-11)18(3)10-13-5-4-6-17(13)2/h7,9,13H,4-6,8,10,15H2,1-3H3. The van der Waals surface area contributed by atoms with E-state index in [0.29, 0.717) is 12.6 Å². The summed E-state index contributed by atoms with van der Waals surface area (Å²) in [6.07, 6.45) is 4.51. The monoisotopic (exact) mass is 248 g/mol. The molecule has 2 heterocycles. The zero-order valence-electron chi connectivity index (χ0n) is 11.7. The van der Waals surface area contributed by atoms with Crippen molar-refractivity contribution in [2.24, 2.45) is 5.73 Å². The third-order valence-corrected chi connectivity index (χ3v) is 3.89. The predicted octanol–water partition coefficient (Wildman–Crippen LogP) is 1.38. The van der Waals surface area contributed by atoms with E-state index < -0.39 is 0 Å². The Labute approximate surface area is 110 Å². The van der Waals surface area contributed by atoms with E-state index in [-0.39, 0.29) is 0 Å². The summed E-state index contributed by atoms with van der Waals surface area (Å²) in [5.74, 6) is 0. The van der Waals surface area contributed by atoms with Crippen molar-refractivity contribution in [2.75, 3.05) is 32.1 Å². The Morgan fingerprint density at radius 3 is 2.94 bits per heavy atom. The lowest BCUT2D eigenvalue weighted by atomic mass is 10.1. The fraction of sp³-hybridized carbons (Fsp3) is 0.643. The number of likely N-dealkylation sites (N-methyl/N-ethyl adjacent to an activating group) is 2. The highest BCUT2D eigenvalue weighted by molar-refractivity contribution is 5.53. The zero-order valence-corrected chi connectivity index (χ0v) is 11.7. The number of hydrogen-bond acceptors (Lipinski definition) is 4. The van der Waals surface area contributed by atoms with Crippen LogP contribution in [0.3, 0.4) is 0 Å². The van der Waals surface area contributed by atoms with E-state index in [2.05, 4.69) is 34.9 Å². The molecule has 1 saturated heterocycles. The van der Waals surface area contributed by atoms with E-state index in [1.807, 2.05) is 13.1 Å². The van der Waals surface area contributed by atoms with Crippen LogP contribution in [0.5, 0.6) is 0 Å². The van der Waals surface area contributed by atoms with Gasteiger partial charge >= 0.3 is 0 Å². The van der Waals surface area contributed by atoms with Crippen LogP contribution in [-0.2, 0) is 6.54 Å². The summed E-state index contributed by atoms with van der Waals surface area (Å²) in [7, 11) is 4.37. The van der Waals surface area contributed by atoms with Gasteiger partial charge in [0.2, 0.25) is 0 Å². The number of nitrogens with zero attached hydrogens (tertiary/aromatic N) is 3. The second-order valence-electron chi connectivity index (χ2n) is 5.32. The molecule has 1 atom stereocenters. The molecular weight excluding hydrogens is 224 g/mol. The van der Waals surface area contributed by atoms with Gasteiger partial charge in [0.15, 0.2) is 0 Å². The number of anilines is 1. The third-order valence-electron chi connectivity index (χ3n) is 3.89. The number of pyridine rings is 1. The summed E-state index contributed by atoms with van der Waals surface area (Å²) in [6.45, 7) is 4.86. The second-order valence-corrected chi connectivity index (χ2v) is 5.32. The minimum absolute atomic E-state index is 0.549. The maximum absolute atomic E-state index is 5.80. The van der Waals surface area contributed by atoms with Crippen molar-refractivity contribution in [2.45, 2.75) is 32.4 Å². The van der Waals surface area contributed by atoms with Crippen LogP contribution in [-0.4, -0.2) is 43.1 Å². The smallest absolute Gasteiger partial charge is 0.0443 e. The Hall–Kier alpha value is -1.13. The molecule has 4 heteroatoms. The van der Waals surface area contributed by atoms with E-state index in [0.717, 1.165) is 17.8 Å². The Balaban J connectivity index is 2.12. The number of rotatable bonds is 4. The van der Waals surface area contributed by atoms with Gasteiger partial charge in [-0.05, 0) is 39.4 Å². The summed E-state index contributed by atoms with van der Waals surface area (Å²) in [4.78, 5) is 9.10. The molecule has 18 heavy (non-hydrogen) atoms. The van der Waals surface area contributed by atoms with Crippen LogP contribution in [0.2, 0.25) is 0 Å². The number of nitrogens with two attached hydrogens (primary N) is 1. The van der Waals surface area contributed by atoms with Crippen LogP contribution in [0.15, 0.2) is 12.3 Å². The Bertz CT molecular complexity index is 405. The molecule has 0 radical (unpaired) electrons. The summed E-state index contributed by atoms with van der Waals surface area (Å²) < 4.78 is 0. The van der Waals surface area contributed by atoms with Gasteiger partial charge in [-0.3, -0.25) is 4.98 Å². The molecule has 2 N–H and O–H groups in total.